The zero-order valence-electron chi connectivity index (χ0n) is 22.3. The Labute approximate surface area is 232 Å². The zero-order valence-corrected chi connectivity index (χ0v) is 23.2. The van der Waals surface area contributed by atoms with Crippen molar-refractivity contribution in [1.82, 2.24) is 4.98 Å². The molecule has 0 spiro atoms. The fraction of sp³-hybridized carbons (Fsp3) is 0.290. The Morgan fingerprint density at radius 2 is 1.79 bits per heavy atom. The first-order valence-corrected chi connectivity index (χ1v) is 13.9. The Kier molecular flexibility index (Phi) is 9.09. The second-order valence-corrected chi connectivity index (χ2v) is 10.4. The maximum absolute atomic E-state index is 13.4. The average molecular weight is 545 g/mol. The third-order valence-corrected chi connectivity index (χ3v) is 7.73. The fourth-order valence-corrected chi connectivity index (χ4v) is 5.46. The van der Waals surface area contributed by atoms with Gasteiger partial charge in [0, 0.05) is 6.92 Å². The van der Waals surface area contributed by atoms with E-state index in [4.69, 9.17) is 4.74 Å². The second-order valence-electron chi connectivity index (χ2n) is 9.39. The first-order valence-electron chi connectivity index (χ1n) is 13.1. The van der Waals surface area contributed by atoms with E-state index < -0.39 is 23.5 Å². The van der Waals surface area contributed by atoms with Crippen molar-refractivity contribution in [3.05, 3.63) is 93.7 Å². The summed E-state index contributed by atoms with van der Waals surface area (Å²) in [4.78, 5) is 45.1. The molecule has 1 aliphatic rings. The SMILES string of the molecule is CCCCCCOc1ccc(C2C(C(=O)/C=C/c3ccccc3)=C(O)C(=O)N2c2nc(C)c(C(C)=O)s2)cc1. The molecule has 4 rings (SSSR count). The van der Waals surface area contributed by atoms with Gasteiger partial charge >= 0.3 is 0 Å². The molecule has 7 nitrogen and oxygen atoms in total. The number of allylic oxidation sites excluding steroid dienone is 1. The van der Waals surface area contributed by atoms with Crippen molar-refractivity contribution in [2.75, 3.05) is 11.5 Å². The lowest BCUT2D eigenvalue weighted by molar-refractivity contribution is -0.117. The molecule has 1 unspecified atom stereocenters. The molecule has 1 N–H and O–H groups in total. The highest BCUT2D eigenvalue weighted by molar-refractivity contribution is 7.17. The summed E-state index contributed by atoms with van der Waals surface area (Å²) in [5.74, 6) is -1.35. The lowest BCUT2D eigenvalue weighted by Crippen LogP contribution is -2.30. The van der Waals surface area contributed by atoms with Gasteiger partial charge in [-0.05, 0) is 42.7 Å². The second kappa shape index (κ2) is 12.7. The molecule has 202 valence electrons. The van der Waals surface area contributed by atoms with Gasteiger partial charge in [0.2, 0.25) is 0 Å². The van der Waals surface area contributed by atoms with E-state index in [1.807, 2.05) is 30.3 Å². The first kappa shape index (κ1) is 28.0. The van der Waals surface area contributed by atoms with E-state index >= 15 is 0 Å². The molecule has 0 saturated carbocycles. The van der Waals surface area contributed by atoms with Crippen LogP contribution < -0.4 is 9.64 Å². The van der Waals surface area contributed by atoms with Crippen molar-refractivity contribution in [3.8, 4) is 5.75 Å². The van der Waals surface area contributed by atoms with E-state index in [0.717, 1.165) is 36.2 Å². The van der Waals surface area contributed by atoms with Gasteiger partial charge in [-0.2, -0.15) is 0 Å². The summed E-state index contributed by atoms with van der Waals surface area (Å²) in [6, 6.07) is 15.5. The third-order valence-electron chi connectivity index (χ3n) is 6.47. The van der Waals surface area contributed by atoms with Crippen molar-refractivity contribution < 1.29 is 24.2 Å². The molecule has 0 saturated heterocycles. The van der Waals surface area contributed by atoms with Gasteiger partial charge in [0.05, 0.1) is 28.8 Å². The van der Waals surface area contributed by atoms with Gasteiger partial charge in [0.15, 0.2) is 22.5 Å². The third kappa shape index (κ3) is 6.34. The molecule has 1 amide bonds. The van der Waals surface area contributed by atoms with E-state index in [-0.39, 0.29) is 16.5 Å². The lowest BCUT2D eigenvalue weighted by atomic mass is 9.95. The number of carbonyl (C=O) groups excluding carboxylic acids is 3. The molecular formula is C31H32N2O5S. The number of hydrogen-bond donors (Lipinski definition) is 1. The van der Waals surface area contributed by atoms with Crippen LogP contribution in [0.3, 0.4) is 0 Å². The number of hydrogen-bond acceptors (Lipinski definition) is 7. The monoisotopic (exact) mass is 544 g/mol. The lowest BCUT2D eigenvalue weighted by Gasteiger charge is -2.24. The molecule has 2 heterocycles. The number of Topliss-reactive ketones (excluding diaryl/α,β-unsaturated/α-hetero) is 1. The first-order chi connectivity index (χ1) is 18.8. The van der Waals surface area contributed by atoms with Crippen LogP contribution in [0.2, 0.25) is 0 Å². The van der Waals surface area contributed by atoms with Gasteiger partial charge < -0.3 is 9.84 Å². The zero-order chi connectivity index (χ0) is 27.9. The number of aromatic nitrogens is 1. The van der Waals surface area contributed by atoms with Crippen molar-refractivity contribution in [2.24, 2.45) is 0 Å². The molecule has 3 aromatic rings. The molecule has 1 aliphatic heterocycles. The minimum absolute atomic E-state index is 0.0438. The molecule has 2 aromatic carbocycles. The van der Waals surface area contributed by atoms with E-state index in [1.165, 1.54) is 24.3 Å². The van der Waals surface area contributed by atoms with Crippen LogP contribution in [0.25, 0.3) is 6.08 Å². The summed E-state index contributed by atoms with van der Waals surface area (Å²) in [5.41, 5.74) is 1.87. The van der Waals surface area contributed by atoms with Gasteiger partial charge in [-0.3, -0.25) is 19.3 Å². The molecule has 8 heteroatoms. The number of nitrogens with zero attached hydrogens (tertiary/aromatic N) is 2. The number of ether oxygens (including phenoxy) is 1. The number of ketones is 2. The summed E-state index contributed by atoms with van der Waals surface area (Å²) >= 11 is 1.07. The number of amides is 1. The number of aliphatic hydroxyl groups excluding tert-OH is 1. The molecule has 0 aliphatic carbocycles. The molecule has 0 radical (unpaired) electrons. The van der Waals surface area contributed by atoms with Crippen LogP contribution in [0.5, 0.6) is 5.75 Å². The van der Waals surface area contributed by atoms with Crippen LogP contribution in [0.4, 0.5) is 5.13 Å². The quantitative estimate of drug-likeness (QED) is 0.153. The van der Waals surface area contributed by atoms with Gasteiger partial charge in [0.25, 0.3) is 5.91 Å². The van der Waals surface area contributed by atoms with E-state index in [1.54, 1.807) is 37.3 Å². The molecule has 39 heavy (non-hydrogen) atoms. The fourth-order valence-electron chi connectivity index (χ4n) is 4.47. The Balaban J connectivity index is 1.68. The normalized spacial score (nSPS) is 15.4. The van der Waals surface area contributed by atoms with Crippen LogP contribution in [-0.2, 0) is 9.59 Å². The highest BCUT2D eigenvalue weighted by atomic mass is 32.1. The van der Waals surface area contributed by atoms with E-state index in [9.17, 15) is 19.5 Å². The largest absolute Gasteiger partial charge is 0.503 e. The Hall–Kier alpha value is -4.04. The predicted molar refractivity (Wildman–Crippen MR) is 153 cm³/mol. The molecular weight excluding hydrogens is 512 g/mol. The molecule has 1 atom stereocenters. The van der Waals surface area contributed by atoms with Gasteiger partial charge in [0.1, 0.15) is 5.75 Å². The number of aryl methyl sites for hydroxylation is 1. The number of unbranched alkanes of at least 4 members (excludes halogenated alkanes) is 3. The number of carbonyl (C=O) groups is 3. The summed E-state index contributed by atoms with van der Waals surface area (Å²) in [6.07, 6.45) is 7.39. The molecule has 0 fully saturated rings. The minimum Gasteiger partial charge on any atom is -0.503 e. The van der Waals surface area contributed by atoms with Crippen molar-refractivity contribution in [3.63, 3.8) is 0 Å². The Bertz CT molecular complexity index is 1410. The predicted octanol–water partition coefficient (Wildman–Crippen LogP) is 6.80. The van der Waals surface area contributed by atoms with Crippen molar-refractivity contribution in [2.45, 2.75) is 52.5 Å². The van der Waals surface area contributed by atoms with Gasteiger partial charge in [-0.1, -0.05) is 86.1 Å². The molecule has 1 aromatic heterocycles. The van der Waals surface area contributed by atoms with Crippen LogP contribution in [0, 0.1) is 6.92 Å². The van der Waals surface area contributed by atoms with Gasteiger partial charge in [-0.15, -0.1) is 0 Å². The highest BCUT2D eigenvalue weighted by Crippen LogP contribution is 2.43. The number of rotatable bonds is 12. The summed E-state index contributed by atoms with van der Waals surface area (Å²) < 4.78 is 5.86. The highest BCUT2D eigenvalue weighted by Gasteiger charge is 2.45. The minimum atomic E-state index is -0.922. The summed E-state index contributed by atoms with van der Waals surface area (Å²) in [5, 5.41) is 11.2. The summed E-state index contributed by atoms with van der Waals surface area (Å²) in [7, 11) is 0. The summed E-state index contributed by atoms with van der Waals surface area (Å²) in [6.45, 7) is 5.90. The standard InChI is InChI=1S/C31H32N2O5S/c1-4-5-6-10-19-38-24-16-14-23(15-17-24)27-26(25(35)18-13-22-11-8-7-9-12-22)28(36)30(37)33(27)31-32-20(2)29(39-31)21(3)34/h7-9,11-18,27,36H,4-6,10,19H2,1-3H3/b18-13+. The maximum atomic E-state index is 13.4. The smallest absolute Gasteiger partial charge is 0.296 e. The maximum Gasteiger partial charge on any atom is 0.296 e. The van der Waals surface area contributed by atoms with Crippen LogP contribution in [0.1, 0.15) is 72.1 Å². The molecule has 0 bridgehead atoms. The van der Waals surface area contributed by atoms with Crippen molar-refractivity contribution >= 4 is 40.0 Å². The number of anilines is 1. The topological polar surface area (TPSA) is 96.8 Å². The Morgan fingerprint density at radius 3 is 2.44 bits per heavy atom. The van der Waals surface area contributed by atoms with E-state index in [2.05, 4.69) is 11.9 Å². The number of aliphatic hydroxyl groups is 1. The van der Waals surface area contributed by atoms with Crippen LogP contribution in [0.15, 0.2) is 72.0 Å². The van der Waals surface area contributed by atoms with Gasteiger partial charge in [-0.25, -0.2) is 4.98 Å². The number of benzene rings is 2. The average Bonchev–Trinajstić information content (AvgIpc) is 3.45. The number of thiazole rings is 1. The van der Waals surface area contributed by atoms with E-state index in [0.29, 0.717) is 28.5 Å². The van der Waals surface area contributed by atoms with Crippen LogP contribution >= 0.6 is 11.3 Å². The van der Waals surface area contributed by atoms with Crippen molar-refractivity contribution in [1.29, 1.82) is 0 Å². The Morgan fingerprint density at radius 1 is 1.08 bits per heavy atom. The van der Waals surface area contributed by atoms with Crippen LogP contribution in [-0.4, -0.2) is 34.2 Å².